The van der Waals surface area contributed by atoms with Crippen molar-refractivity contribution >= 4 is 17.7 Å². The average Bonchev–Trinajstić information content (AvgIpc) is 2.22. The van der Waals surface area contributed by atoms with E-state index in [1.165, 1.54) is 6.07 Å². The van der Waals surface area contributed by atoms with E-state index in [1.54, 1.807) is 0 Å². The SMILES string of the molecule is N=[N+]=NCC(NC(=O)O)c1cc(F)cc(Cl)c1. The van der Waals surface area contributed by atoms with Crippen molar-refractivity contribution in [2.24, 2.45) is 5.11 Å². The summed E-state index contributed by atoms with van der Waals surface area (Å²) in [5.41, 5.74) is 6.83. The van der Waals surface area contributed by atoms with Crippen LogP contribution in [0.25, 0.3) is 0 Å². The molecule has 0 bridgehead atoms. The number of carbonyl (C=O) groups is 1. The van der Waals surface area contributed by atoms with Crippen LogP contribution in [0, 0.1) is 11.3 Å². The number of benzene rings is 1. The Hall–Kier alpha value is -1.98. The fraction of sp³-hybridized carbons (Fsp3) is 0.222. The van der Waals surface area contributed by atoms with Gasteiger partial charge >= 0.3 is 6.09 Å². The minimum absolute atomic E-state index is 0.102. The number of carboxylic acid groups (broad SMARTS) is 1. The smallest absolute Gasteiger partial charge is 0.405 e. The predicted molar refractivity (Wildman–Crippen MR) is 57.5 cm³/mol. The van der Waals surface area contributed by atoms with Gasteiger partial charge in [-0.05, 0) is 23.8 Å². The molecule has 0 heterocycles. The van der Waals surface area contributed by atoms with Crippen LogP contribution in [-0.4, -0.2) is 17.7 Å². The molecular formula is C9H9ClFN4O2+. The lowest BCUT2D eigenvalue weighted by atomic mass is 10.1. The molecule has 1 aromatic rings. The molecule has 0 aliphatic carbocycles. The molecule has 0 aliphatic rings. The lowest BCUT2D eigenvalue weighted by molar-refractivity contribution is 0.190. The molecule has 0 radical (unpaired) electrons. The van der Waals surface area contributed by atoms with Crippen molar-refractivity contribution < 1.29 is 14.3 Å². The van der Waals surface area contributed by atoms with Crippen molar-refractivity contribution in [3.05, 3.63) is 34.6 Å². The van der Waals surface area contributed by atoms with Crippen LogP contribution in [0.15, 0.2) is 23.3 Å². The van der Waals surface area contributed by atoms with Crippen LogP contribution in [0.5, 0.6) is 0 Å². The van der Waals surface area contributed by atoms with Crippen molar-refractivity contribution in [1.29, 1.82) is 5.53 Å². The van der Waals surface area contributed by atoms with Crippen LogP contribution in [0.4, 0.5) is 9.18 Å². The normalized spacial score (nSPS) is 11.4. The van der Waals surface area contributed by atoms with Gasteiger partial charge in [0, 0.05) is 5.02 Å². The first kappa shape index (κ1) is 13.1. The minimum atomic E-state index is -1.28. The molecule has 17 heavy (non-hydrogen) atoms. The van der Waals surface area contributed by atoms with Gasteiger partial charge in [-0.1, -0.05) is 11.6 Å². The van der Waals surface area contributed by atoms with E-state index < -0.39 is 18.0 Å². The monoisotopic (exact) mass is 259 g/mol. The second kappa shape index (κ2) is 5.93. The van der Waals surface area contributed by atoms with E-state index in [9.17, 15) is 9.18 Å². The minimum Gasteiger partial charge on any atom is -0.465 e. The van der Waals surface area contributed by atoms with Gasteiger partial charge in [0.25, 0.3) is 0 Å². The zero-order chi connectivity index (χ0) is 12.8. The maximum atomic E-state index is 13.1. The molecular weight excluding hydrogens is 251 g/mol. The molecule has 0 spiro atoms. The number of amides is 1. The second-order valence-corrected chi connectivity index (χ2v) is 3.57. The fourth-order valence-corrected chi connectivity index (χ4v) is 1.51. The summed E-state index contributed by atoms with van der Waals surface area (Å²) in [5.74, 6) is -0.576. The highest BCUT2D eigenvalue weighted by Crippen LogP contribution is 2.20. The largest absolute Gasteiger partial charge is 0.465 e. The molecule has 1 amide bonds. The Kier molecular flexibility index (Phi) is 4.56. The molecule has 1 atom stereocenters. The number of rotatable bonds is 4. The van der Waals surface area contributed by atoms with Crippen molar-refractivity contribution in [1.82, 2.24) is 10.2 Å². The number of halogens is 2. The molecule has 0 saturated heterocycles. The van der Waals surface area contributed by atoms with Crippen molar-refractivity contribution in [3.8, 4) is 0 Å². The lowest BCUT2D eigenvalue weighted by Gasteiger charge is -2.13. The van der Waals surface area contributed by atoms with Crippen LogP contribution in [0.1, 0.15) is 11.6 Å². The van der Waals surface area contributed by atoms with Crippen LogP contribution in [0.2, 0.25) is 5.02 Å². The van der Waals surface area contributed by atoms with Gasteiger partial charge in [0.05, 0.1) is 6.04 Å². The molecule has 8 heteroatoms. The highest BCUT2D eigenvalue weighted by atomic mass is 35.5. The Morgan fingerprint density at radius 2 is 2.35 bits per heavy atom. The number of nitrogens with zero attached hydrogens (tertiary/aromatic N) is 2. The summed E-state index contributed by atoms with van der Waals surface area (Å²) >= 11 is 5.66. The zero-order valence-corrected chi connectivity index (χ0v) is 9.28. The van der Waals surface area contributed by atoms with Gasteiger partial charge in [-0.25, -0.2) is 9.18 Å². The van der Waals surface area contributed by atoms with Crippen molar-refractivity contribution in [3.63, 3.8) is 0 Å². The molecule has 6 nitrogen and oxygen atoms in total. The van der Waals surface area contributed by atoms with E-state index in [4.69, 9.17) is 22.2 Å². The summed E-state index contributed by atoms with van der Waals surface area (Å²) in [7, 11) is 0. The van der Waals surface area contributed by atoms with Crippen LogP contribution in [0.3, 0.4) is 0 Å². The molecule has 1 unspecified atom stereocenters. The lowest BCUT2D eigenvalue weighted by Crippen LogP contribution is -2.28. The summed E-state index contributed by atoms with van der Waals surface area (Å²) in [6, 6.07) is 2.88. The van der Waals surface area contributed by atoms with E-state index in [0.717, 1.165) is 12.1 Å². The van der Waals surface area contributed by atoms with Crippen molar-refractivity contribution in [2.45, 2.75) is 6.04 Å². The molecule has 90 valence electrons. The summed E-state index contributed by atoms with van der Waals surface area (Å²) in [6.07, 6.45) is -1.28. The molecule has 0 fully saturated rings. The third kappa shape index (κ3) is 4.18. The second-order valence-electron chi connectivity index (χ2n) is 3.13. The van der Waals surface area contributed by atoms with Gasteiger partial charge in [-0.2, -0.15) is 0 Å². The van der Waals surface area contributed by atoms with Gasteiger partial charge in [0.2, 0.25) is 4.91 Å². The van der Waals surface area contributed by atoms with Crippen molar-refractivity contribution in [2.75, 3.05) is 6.54 Å². The highest BCUT2D eigenvalue weighted by Gasteiger charge is 2.17. The number of hydrogen-bond acceptors (Lipinski definition) is 3. The fourth-order valence-electron chi connectivity index (χ4n) is 1.28. The first-order valence-corrected chi connectivity index (χ1v) is 4.89. The Balaban J connectivity index is 3.01. The molecule has 1 rings (SSSR count). The van der Waals surface area contributed by atoms with E-state index in [0.29, 0.717) is 5.56 Å². The van der Waals surface area contributed by atoms with Gasteiger partial charge in [-0.3, -0.25) is 0 Å². The Bertz CT molecular complexity index is 452. The van der Waals surface area contributed by atoms with E-state index in [-0.39, 0.29) is 11.6 Å². The number of hydrogen-bond donors (Lipinski definition) is 3. The van der Waals surface area contributed by atoms with Gasteiger partial charge < -0.3 is 10.4 Å². The van der Waals surface area contributed by atoms with Crippen LogP contribution in [-0.2, 0) is 0 Å². The van der Waals surface area contributed by atoms with Gasteiger partial charge in [0.15, 0.2) is 0 Å². The summed E-state index contributed by atoms with van der Waals surface area (Å²) in [5, 5.41) is 14.3. The van der Waals surface area contributed by atoms with E-state index >= 15 is 0 Å². The highest BCUT2D eigenvalue weighted by molar-refractivity contribution is 6.30. The third-order valence-electron chi connectivity index (χ3n) is 1.92. The van der Waals surface area contributed by atoms with Crippen LogP contribution >= 0.6 is 11.6 Å². The standard InChI is InChI=1S/C9H8ClFN4O2/c10-6-1-5(2-7(11)3-6)8(4-13-15-12)14-9(16)17/h1-3,8,12,14H,4H2/p+1. The number of nitrogens with one attached hydrogen (secondary N) is 2. The molecule has 3 N–H and O–H groups in total. The topological polar surface area (TPSA) is 99.6 Å². The van der Waals surface area contributed by atoms with Gasteiger partial charge in [-0.15, -0.1) is 0 Å². The maximum Gasteiger partial charge on any atom is 0.405 e. The molecule has 0 aromatic heterocycles. The molecule has 0 aliphatic heterocycles. The van der Waals surface area contributed by atoms with Gasteiger partial charge in [0.1, 0.15) is 23.0 Å². The Morgan fingerprint density at radius 3 is 2.88 bits per heavy atom. The summed E-state index contributed by atoms with van der Waals surface area (Å²) < 4.78 is 13.1. The first-order chi connectivity index (χ1) is 8.02. The van der Waals surface area contributed by atoms with E-state index in [2.05, 4.69) is 15.3 Å². The van der Waals surface area contributed by atoms with E-state index in [1.807, 2.05) is 0 Å². The maximum absolute atomic E-state index is 13.1. The Morgan fingerprint density at radius 1 is 1.65 bits per heavy atom. The first-order valence-electron chi connectivity index (χ1n) is 4.51. The third-order valence-corrected chi connectivity index (χ3v) is 2.14. The summed E-state index contributed by atoms with van der Waals surface area (Å²) in [4.78, 5) is 13.3. The zero-order valence-electron chi connectivity index (χ0n) is 8.52. The molecule has 0 saturated carbocycles. The quantitative estimate of drug-likeness (QED) is 0.571. The average molecular weight is 260 g/mol. The summed E-state index contributed by atoms with van der Waals surface area (Å²) in [6.45, 7) is -0.102. The Labute approximate surface area is 101 Å². The van der Waals surface area contributed by atoms with Crippen LogP contribution < -0.4 is 10.2 Å². The molecule has 1 aromatic carbocycles. The predicted octanol–water partition coefficient (Wildman–Crippen LogP) is 2.34.